The quantitative estimate of drug-likeness (QED) is 0.520. The molecule has 0 spiro atoms. The first-order valence-corrected chi connectivity index (χ1v) is 9.93. The molecule has 1 amide bonds. The lowest BCUT2D eigenvalue weighted by Gasteiger charge is -2.16. The van der Waals surface area contributed by atoms with Crippen LogP contribution in [-0.2, 0) is 4.79 Å². The molecule has 1 unspecified atom stereocenters. The van der Waals surface area contributed by atoms with Crippen molar-refractivity contribution >= 4 is 11.6 Å². The fourth-order valence-electron chi connectivity index (χ4n) is 3.19. The van der Waals surface area contributed by atoms with Crippen LogP contribution in [0.15, 0.2) is 36.5 Å². The Bertz CT molecular complexity index is 1070. The number of nitrogens with one attached hydrogen (secondary N) is 1. The summed E-state index contributed by atoms with van der Waals surface area (Å²) in [5.41, 5.74) is 8.44. The van der Waals surface area contributed by atoms with E-state index >= 15 is 0 Å². The number of carbonyl (C=O) groups excluding carboxylic acids is 1. The van der Waals surface area contributed by atoms with Gasteiger partial charge in [-0.15, -0.1) is 5.10 Å². The molecule has 1 heterocycles. The smallest absolute Gasteiger partial charge is 0.241 e. The minimum absolute atomic E-state index is 0.292. The largest absolute Gasteiger partial charge is 0.495 e. The molecular formula is C22H27N5O5. The molecule has 10 nitrogen and oxygen atoms in total. The molecule has 0 radical (unpaired) electrons. The highest BCUT2D eigenvalue weighted by Gasteiger charge is 2.19. The van der Waals surface area contributed by atoms with E-state index in [9.17, 15) is 4.79 Å². The number of carbonyl (C=O) groups is 1. The molecule has 170 valence electrons. The molecule has 3 N–H and O–H groups in total. The number of benzene rings is 2. The number of hydrogen-bond donors (Lipinski definition) is 2. The summed E-state index contributed by atoms with van der Waals surface area (Å²) in [5, 5.41) is 11.1. The van der Waals surface area contributed by atoms with Gasteiger partial charge in [-0.05, 0) is 24.6 Å². The van der Waals surface area contributed by atoms with Crippen molar-refractivity contribution in [1.82, 2.24) is 15.0 Å². The number of rotatable bonds is 9. The Morgan fingerprint density at radius 2 is 1.69 bits per heavy atom. The van der Waals surface area contributed by atoms with Gasteiger partial charge in [0.25, 0.3) is 0 Å². The van der Waals surface area contributed by atoms with E-state index in [2.05, 4.69) is 15.6 Å². The lowest BCUT2D eigenvalue weighted by molar-refractivity contribution is -0.117. The van der Waals surface area contributed by atoms with Gasteiger partial charge < -0.3 is 30.0 Å². The minimum atomic E-state index is -0.616. The van der Waals surface area contributed by atoms with Crippen molar-refractivity contribution in [2.24, 2.45) is 5.73 Å². The van der Waals surface area contributed by atoms with Crippen LogP contribution in [0.3, 0.4) is 0 Å². The van der Waals surface area contributed by atoms with Gasteiger partial charge in [0, 0.05) is 17.7 Å². The highest BCUT2D eigenvalue weighted by Crippen LogP contribution is 2.40. The Hall–Kier alpha value is -3.79. The predicted octanol–water partition coefficient (Wildman–Crippen LogP) is 2.64. The Balaban J connectivity index is 2.07. The molecule has 3 rings (SSSR count). The summed E-state index contributed by atoms with van der Waals surface area (Å²) in [5.74, 6) is 1.66. The summed E-state index contributed by atoms with van der Waals surface area (Å²) in [6.07, 6.45) is 2.14. The fourth-order valence-corrected chi connectivity index (χ4v) is 3.19. The van der Waals surface area contributed by atoms with E-state index in [4.69, 9.17) is 24.7 Å². The van der Waals surface area contributed by atoms with Crippen molar-refractivity contribution in [3.8, 4) is 39.9 Å². The van der Waals surface area contributed by atoms with Crippen LogP contribution in [0.2, 0.25) is 0 Å². The highest BCUT2D eigenvalue weighted by atomic mass is 16.5. The Labute approximate surface area is 186 Å². The summed E-state index contributed by atoms with van der Waals surface area (Å²) < 4.78 is 23.3. The van der Waals surface area contributed by atoms with Gasteiger partial charge in [0.1, 0.15) is 5.75 Å². The molecule has 0 aliphatic carbocycles. The van der Waals surface area contributed by atoms with Crippen molar-refractivity contribution in [3.05, 3.63) is 36.5 Å². The van der Waals surface area contributed by atoms with Crippen LogP contribution in [0.25, 0.3) is 16.9 Å². The lowest BCUT2D eigenvalue weighted by Crippen LogP contribution is -2.34. The summed E-state index contributed by atoms with van der Waals surface area (Å²) in [4.78, 5) is 12.3. The number of ether oxygens (including phenoxy) is 4. The maximum absolute atomic E-state index is 12.3. The maximum Gasteiger partial charge on any atom is 0.241 e. The first kappa shape index (κ1) is 22.9. The molecule has 1 atom stereocenters. The van der Waals surface area contributed by atoms with Gasteiger partial charge in [-0.3, -0.25) is 4.79 Å². The van der Waals surface area contributed by atoms with E-state index in [1.165, 1.54) is 7.11 Å². The third-order valence-electron chi connectivity index (χ3n) is 4.97. The second-order valence-corrected chi connectivity index (χ2v) is 6.83. The number of amides is 1. The third-order valence-corrected chi connectivity index (χ3v) is 4.97. The molecule has 0 bridgehead atoms. The van der Waals surface area contributed by atoms with Crippen LogP contribution in [0.1, 0.15) is 13.3 Å². The monoisotopic (exact) mass is 441 g/mol. The zero-order valence-electron chi connectivity index (χ0n) is 18.7. The van der Waals surface area contributed by atoms with E-state index in [0.29, 0.717) is 46.5 Å². The number of anilines is 1. The van der Waals surface area contributed by atoms with E-state index < -0.39 is 6.04 Å². The van der Waals surface area contributed by atoms with E-state index in [-0.39, 0.29) is 5.91 Å². The van der Waals surface area contributed by atoms with Gasteiger partial charge in [-0.25, -0.2) is 4.68 Å². The van der Waals surface area contributed by atoms with Crippen molar-refractivity contribution in [1.29, 1.82) is 0 Å². The molecular weight excluding hydrogens is 414 g/mol. The average molecular weight is 441 g/mol. The summed E-state index contributed by atoms with van der Waals surface area (Å²) in [6.45, 7) is 1.85. The molecule has 32 heavy (non-hydrogen) atoms. The summed E-state index contributed by atoms with van der Waals surface area (Å²) >= 11 is 0. The molecule has 10 heteroatoms. The van der Waals surface area contributed by atoms with Crippen LogP contribution in [0.5, 0.6) is 23.0 Å². The topological polar surface area (TPSA) is 123 Å². The first-order valence-electron chi connectivity index (χ1n) is 9.93. The van der Waals surface area contributed by atoms with Crippen molar-refractivity contribution in [3.63, 3.8) is 0 Å². The zero-order chi connectivity index (χ0) is 23.3. The zero-order valence-corrected chi connectivity index (χ0v) is 18.7. The van der Waals surface area contributed by atoms with Crippen molar-refractivity contribution < 1.29 is 23.7 Å². The van der Waals surface area contributed by atoms with Crippen LogP contribution in [0.4, 0.5) is 5.69 Å². The van der Waals surface area contributed by atoms with Gasteiger partial charge in [0.15, 0.2) is 11.5 Å². The SMILES string of the molecule is CCC(N)C(=O)Nc1cc(-c2cnnn2-c2cc(OC)c(OC)c(OC)c2)ccc1OC. The minimum Gasteiger partial charge on any atom is -0.495 e. The standard InChI is InChI=1S/C22H27N5O5/c1-6-15(23)22(28)25-16-9-13(7-8-18(16)29-2)17-12-24-26-27(17)14-10-19(30-3)21(32-5)20(11-14)31-4/h7-12,15H,6,23H2,1-5H3,(H,25,28). The van der Waals surface area contributed by atoms with Gasteiger partial charge in [-0.2, -0.15) is 0 Å². The molecule has 2 aromatic carbocycles. The average Bonchev–Trinajstić information content (AvgIpc) is 3.32. The number of methoxy groups -OCH3 is 4. The van der Waals surface area contributed by atoms with Crippen LogP contribution < -0.4 is 30.0 Å². The van der Waals surface area contributed by atoms with Crippen molar-refractivity contribution in [2.75, 3.05) is 33.8 Å². The second-order valence-electron chi connectivity index (χ2n) is 6.83. The normalized spacial score (nSPS) is 11.6. The second kappa shape index (κ2) is 10.0. The van der Waals surface area contributed by atoms with E-state index in [1.54, 1.807) is 56.5 Å². The summed E-state index contributed by atoms with van der Waals surface area (Å²) in [7, 11) is 6.16. The maximum atomic E-state index is 12.3. The van der Waals surface area contributed by atoms with Crippen LogP contribution >= 0.6 is 0 Å². The van der Waals surface area contributed by atoms with E-state index in [1.807, 2.05) is 13.0 Å². The third kappa shape index (κ3) is 4.45. The Morgan fingerprint density at radius 3 is 2.25 bits per heavy atom. The molecule has 0 aliphatic heterocycles. The number of nitrogens with zero attached hydrogens (tertiary/aromatic N) is 3. The van der Waals surface area contributed by atoms with Gasteiger partial charge in [0.05, 0.1) is 57.7 Å². The first-order chi connectivity index (χ1) is 15.5. The van der Waals surface area contributed by atoms with Gasteiger partial charge in [0.2, 0.25) is 11.7 Å². The molecule has 0 fully saturated rings. The predicted molar refractivity (Wildman–Crippen MR) is 120 cm³/mol. The highest BCUT2D eigenvalue weighted by molar-refractivity contribution is 5.96. The number of hydrogen-bond acceptors (Lipinski definition) is 8. The molecule has 0 saturated heterocycles. The molecule has 0 saturated carbocycles. The van der Waals surface area contributed by atoms with Gasteiger partial charge >= 0.3 is 0 Å². The fraction of sp³-hybridized carbons (Fsp3) is 0.318. The van der Waals surface area contributed by atoms with E-state index in [0.717, 1.165) is 5.56 Å². The summed E-state index contributed by atoms with van der Waals surface area (Å²) in [6, 6.07) is 8.32. The Kier molecular flexibility index (Phi) is 7.16. The van der Waals surface area contributed by atoms with Crippen LogP contribution in [0, 0.1) is 0 Å². The molecule has 1 aromatic heterocycles. The van der Waals surface area contributed by atoms with Crippen molar-refractivity contribution in [2.45, 2.75) is 19.4 Å². The molecule has 3 aromatic rings. The number of nitrogens with two attached hydrogens (primary N) is 1. The van der Waals surface area contributed by atoms with Crippen LogP contribution in [-0.4, -0.2) is 55.4 Å². The number of aromatic nitrogens is 3. The Morgan fingerprint density at radius 1 is 1.03 bits per heavy atom. The van der Waals surface area contributed by atoms with Gasteiger partial charge in [-0.1, -0.05) is 12.1 Å². The lowest BCUT2D eigenvalue weighted by atomic mass is 10.1. The molecule has 0 aliphatic rings.